The van der Waals surface area contributed by atoms with E-state index >= 15 is 0 Å². The Hall–Kier alpha value is -2.77. The molecule has 0 unspecified atom stereocenters. The molecule has 0 aliphatic rings. The molecule has 0 spiro atoms. The van der Waals surface area contributed by atoms with E-state index in [1.165, 1.54) is 35.7 Å². The molecule has 1 N–H and O–H groups in total. The van der Waals surface area contributed by atoms with Crippen LogP contribution in [0.15, 0.2) is 36.0 Å². The highest BCUT2D eigenvalue weighted by atomic mass is 16.6. The maximum Gasteiger partial charge on any atom is 0.273 e. The molecule has 0 aliphatic carbocycles. The second-order valence-electron chi connectivity index (χ2n) is 3.13. The third-order valence-electron chi connectivity index (χ3n) is 1.88. The number of benzene rings is 1. The van der Waals surface area contributed by atoms with Crippen LogP contribution in [-0.2, 0) is 0 Å². The van der Waals surface area contributed by atoms with Crippen molar-refractivity contribution in [3.63, 3.8) is 0 Å². The highest BCUT2D eigenvalue weighted by molar-refractivity contribution is 5.81. The van der Waals surface area contributed by atoms with Gasteiger partial charge >= 0.3 is 0 Å². The number of nitrogens with zero attached hydrogens (tertiary/aromatic N) is 5. The molecule has 1 aromatic heterocycles. The summed E-state index contributed by atoms with van der Waals surface area (Å²) in [5.74, 6) is -0.190. The minimum Gasteiger partial charge on any atom is -0.508 e. The van der Waals surface area contributed by atoms with Crippen LogP contribution in [0.3, 0.4) is 0 Å². The molecule has 1 heterocycles. The lowest BCUT2D eigenvalue weighted by molar-refractivity contribution is -0.384. The first-order chi connectivity index (χ1) is 8.15. The predicted octanol–water partition coefficient (Wildman–Crippen LogP) is 0.774. The second-order valence-corrected chi connectivity index (χ2v) is 3.13. The van der Waals surface area contributed by atoms with E-state index < -0.39 is 4.92 Å². The van der Waals surface area contributed by atoms with Gasteiger partial charge in [0, 0.05) is 11.6 Å². The standard InChI is InChI=1S/C9H7N5O3/c15-9-2-7(1-8(3-9)14(16)17)4-12-13-5-10-11-6-13/h1-6,15H/b12-4+. The SMILES string of the molecule is O=[N+]([O-])c1cc(O)cc(/C=N/n2cnnc2)c1. The summed E-state index contributed by atoms with van der Waals surface area (Å²) in [5, 5.41) is 30.9. The van der Waals surface area contributed by atoms with Gasteiger partial charge in [0.15, 0.2) is 0 Å². The molecule has 86 valence electrons. The number of phenolic OH excluding ortho intramolecular Hbond substituents is 1. The first kappa shape index (κ1) is 10.7. The fourth-order valence-corrected chi connectivity index (χ4v) is 1.19. The van der Waals surface area contributed by atoms with Gasteiger partial charge in [0.1, 0.15) is 18.4 Å². The number of nitro groups is 1. The largest absolute Gasteiger partial charge is 0.508 e. The minimum absolute atomic E-state index is 0.190. The lowest BCUT2D eigenvalue weighted by atomic mass is 10.2. The Kier molecular flexibility index (Phi) is 2.77. The maximum atomic E-state index is 10.6. The molecule has 0 saturated carbocycles. The number of rotatable bonds is 3. The van der Waals surface area contributed by atoms with Gasteiger partial charge in [-0.05, 0) is 6.07 Å². The number of nitro benzene ring substituents is 1. The van der Waals surface area contributed by atoms with Crippen LogP contribution in [0, 0.1) is 10.1 Å². The number of aromatic nitrogens is 3. The first-order valence-corrected chi connectivity index (χ1v) is 4.52. The Morgan fingerprint density at radius 1 is 1.35 bits per heavy atom. The van der Waals surface area contributed by atoms with Crippen molar-refractivity contribution in [3.8, 4) is 5.75 Å². The summed E-state index contributed by atoms with van der Waals surface area (Å²) < 4.78 is 1.33. The Balaban J connectivity index is 2.30. The van der Waals surface area contributed by atoms with Crippen molar-refractivity contribution < 1.29 is 10.0 Å². The third kappa shape index (κ3) is 2.62. The van der Waals surface area contributed by atoms with E-state index in [2.05, 4.69) is 15.3 Å². The summed E-state index contributed by atoms with van der Waals surface area (Å²) in [5.41, 5.74) is 0.209. The molecule has 0 aliphatic heterocycles. The molecule has 2 aromatic rings. The van der Waals surface area contributed by atoms with Crippen molar-refractivity contribution >= 4 is 11.9 Å². The number of phenols is 1. The van der Waals surface area contributed by atoms with E-state index in [9.17, 15) is 15.2 Å². The summed E-state index contributed by atoms with van der Waals surface area (Å²) in [4.78, 5) is 9.98. The van der Waals surface area contributed by atoms with Gasteiger partial charge in [-0.15, -0.1) is 10.2 Å². The van der Waals surface area contributed by atoms with Gasteiger partial charge in [-0.3, -0.25) is 10.1 Å². The van der Waals surface area contributed by atoms with Gasteiger partial charge < -0.3 is 5.11 Å². The highest BCUT2D eigenvalue weighted by Crippen LogP contribution is 2.20. The number of hydrogen-bond acceptors (Lipinski definition) is 6. The summed E-state index contributed by atoms with van der Waals surface area (Å²) in [6, 6.07) is 3.73. The summed E-state index contributed by atoms with van der Waals surface area (Å²) in [6.07, 6.45) is 4.09. The molecule has 8 heteroatoms. The molecular formula is C9H7N5O3. The molecule has 0 atom stereocenters. The van der Waals surface area contributed by atoms with Gasteiger partial charge in [-0.25, -0.2) is 4.68 Å². The third-order valence-corrected chi connectivity index (χ3v) is 1.88. The topological polar surface area (TPSA) is 106 Å². The van der Waals surface area contributed by atoms with Crippen molar-refractivity contribution in [2.24, 2.45) is 5.10 Å². The zero-order valence-corrected chi connectivity index (χ0v) is 8.46. The van der Waals surface area contributed by atoms with Gasteiger partial charge in [0.2, 0.25) is 0 Å². The lowest BCUT2D eigenvalue weighted by Crippen LogP contribution is -1.91. The Bertz CT molecular complexity index is 564. The molecule has 1 aromatic carbocycles. The number of hydrogen-bond donors (Lipinski definition) is 1. The zero-order valence-electron chi connectivity index (χ0n) is 8.46. The van der Waals surface area contributed by atoms with Crippen molar-refractivity contribution in [1.29, 1.82) is 0 Å². The fourth-order valence-electron chi connectivity index (χ4n) is 1.19. The molecular weight excluding hydrogens is 226 g/mol. The summed E-state index contributed by atoms with van der Waals surface area (Å²) in [6.45, 7) is 0. The summed E-state index contributed by atoms with van der Waals surface area (Å²) >= 11 is 0. The zero-order chi connectivity index (χ0) is 12.3. The van der Waals surface area contributed by atoms with Crippen molar-refractivity contribution in [2.45, 2.75) is 0 Å². The van der Waals surface area contributed by atoms with Gasteiger partial charge in [-0.2, -0.15) is 5.10 Å². The number of aromatic hydroxyl groups is 1. The van der Waals surface area contributed by atoms with Gasteiger partial charge in [-0.1, -0.05) is 0 Å². The smallest absolute Gasteiger partial charge is 0.273 e. The highest BCUT2D eigenvalue weighted by Gasteiger charge is 2.08. The van der Waals surface area contributed by atoms with Crippen LogP contribution in [0.2, 0.25) is 0 Å². The van der Waals surface area contributed by atoms with Crippen molar-refractivity contribution in [3.05, 3.63) is 46.5 Å². The minimum atomic E-state index is -0.587. The van der Waals surface area contributed by atoms with E-state index in [1.54, 1.807) is 0 Å². The Labute approximate surface area is 95.0 Å². The fraction of sp³-hybridized carbons (Fsp3) is 0. The Morgan fingerprint density at radius 3 is 2.71 bits per heavy atom. The van der Waals surface area contributed by atoms with Crippen LogP contribution in [0.4, 0.5) is 5.69 Å². The van der Waals surface area contributed by atoms with E-state index in [0.717, 1.165) is 6.07 Å². The van der Waals surface area contributed by atoms with E-state index in [1.807, 2.05) is 0 Å². The molecule has 0 saturated heterocycles. The maximum absolute atomic E-state index is 10.6. The van der Waals surface area contributed by atoms with Gasteiger partial charge in [0.25, 0.3) is 5.69 Å². The molecule has 0 radical (unpaired) electrons. The molecule has 17 heavy (non-hydrogen) atoms. The molecule has 0 bridgehead atoms. The lowest BCUT2D eigenvalue weighted by Gasteiger charge is -1.96. The van der Waals surface area contributed by atoms with Crippen LogP contribution in [0.25, 0.3) is 0 Å². The molecule has 2 rings (SSSR count). The van der Waals surface area contributed by atoms with E-state index in [0.29, 0.717) is 5.56 Å². The molecule has 8 nitrogen and oxygen atoms in total. The van der Waals surface area contributed by atoms with Crippen molar-refractivity contribution in [2.75, 3.05) is 0 Å². The summed E-state index contributed by atoms with van der Waals surface area (Å²) in [7, 11) is 0. The normalized spacial score (nSPS) is 10.8. The quantitative estimate of drug-likeness (QED) is 0.478. The number of non-ortho nitro benzene ring substituents is 1. The van der Waals surface area contributed by atoms with Crippen LogP contribution in [-0.4, -0.2) is 31.1 Å². The van der Waals surface area contributed by atoms with Crippen LogP contribution in [0.1, 0.15) is 5.56 Å². The second kappa shape index (κ2) is 4.39. The first-order valence-electron chi connectivity index (χ1n) is 4.52. The van der Waals surface area contributed by atoms with E-state index in [-0.39, 0.29) is 11.4 Å². The Morgan fingerprint density at radius 2 is 2.06 bits per heavy atom. The van der Waals surface area contributed by atoms with Crippen LogP contribution >= 0.6 is 0 Å². The molecule has 0 fully saturated rings. The van der Waals surface area contributed by atoms with Crippen LogP contribution in [0.5, 0.6) is 5.75 Å². The van der Waals surface area contributed by atoms with Gasteiger partial charge in [0.05, 0.1) is 17.2 Å². The van der Waals surface area contributed by atoms with Crippen LogP contribution < -0.4 is 0 Å². The monoisotopic (exact) mass is 233 g/mol. The average Bonchev–Trinajstić information content (AvgIpc) is 2.78. The predicted molar refractivity (Wildman–Crippen MR) is 57.8 cm³/mol. The van der Waals surface area contributed by atoms with Crippen molar-refractivity contribution in [1.82, 2.24) is 14.9 Å². The molecule has 0 amide bonds. The average molecular weight is 233 g/mol. The van der Waals surface area contributed by atoms with E-state index in [4.69, 9.17) is 0 Å².